The molecule has 0 spiro atoms. The maximum Gasteiger partial charge on any atom is 0.331 e. The van der Waals surface area contributed by atoms with Crippen molar-refractivity contribution in [3.8, 4) is 22.6 Å². The summed E-state index contributed by atoms with van der Waals surface area (Å²) in [5.41, 5.74) is 5.11. The molecular formula is C26H25N3O4. The van der Waals surface area contributed by atoms with Crippen LogP contribution in [0.5, 0.6) is 11.5 Å². The third-order valence-electron chi connectivity index (χ3n) is 5.24. The lowest BCUT2D eigenvalue weighted by Gasteiger charge is -2.13. The van der Waals surface area contributed by atoms with Gasteiger partial charge < -0.3 is 14.2 Å². The molecule has 33 heavy (non-hydrogen) atoms. The van der Waals surface area contributed by atoms with Crippen LogP contribution in [0.3, 0.4) is 0 Å². The van der Waals surface area contributed by atoms with Crippen LogP contribution in [0.2, 0.25) is 0 Å². The Morgan fingerprint density at radius 2 is 1.73 bits per heavy atom. The summed E-state index contributed by atoms with van der Waals surface area (Å²) in [4.78, 5) is 17.0. The van der Waals surface area contributed by atoms with Crippen LogP contribution in [-0.4, -0.2) is 41.6 Å². The first kappa shape index (κ1) is 22.1. The predicted octanol–water partition coefficient (Wildman–Crippen LogP) is 4.65. The van der Waals surface area contributed by atoms with Crippen molar-refractivity contribution in [3.05, 3.63) is 78.3 Å². The van der Waals surface area contributed by atoms with Gasteiger partial charge in [-0.25, -0.2) is 4.79 Å². The van der Waals surface area contributed by atoms with E-state index in [9.17, 15) is 4.79 Å². The van der Waals surface area contributed by atoms with Crippen LogP contribution in [0.1, 0.15) is 18.1 Å². The summed E-state index contributed by atoms with van der Waals surface area (Å²) in [6, 6.07) is 13.5. The molecule has 0 aliphatic rings. The van der Waals surface area contributed by atoms with E-state index < -0.39 is 5.97 Å². The van der Waals surface area contributed by atoms with E-state index in [4.69, 9.17) is 14.2 Å². The number of benzene rings is 2. The van der Waals surface area contributed by atoms with E-state index in [0.717, 1.165) is 33.2 Å². The lowest BCUT2D eigenvalue weighted by molar-refractivity contribution is -0.137. The Bertz CT molecular complexity index is 1320. The average Bonchev–Trinajstić information content (AvgIpc) is 3.27. The van der Waals surface area contributed by atoms with Crippen LogP contribution in [-0.2, 0) is 16.6 Å². The third kappa shape index (κ3) is 4.87. The van der Waals surface area contributed by atoms with Crippen molar-refractivity contribution in [2.24, 2.45) is 7.05 Å². The van der Waals surface area contributed by atoms with Gasteiger partial charge in [-0.3, -0.25) is 9.67 Å². The van der Waals surface area contributed by atoms with Crippen molar-refractivity contribution in [3.63, 3.8) is 0 Å². The first-order valence-corrected chi connectivity index (χ1v) is 10.5. The predicted molar refractivity (Wildman–Crippen MR) is 127 cm³/mol. The zero-order valence-corrected chi connectivity index (χ0v) is 19.0. The Labute approximate surface area is 192 Å². The highest BCUT2D eigenvalue weighted by molar-refractivity contribution is 5.98. The summed E-state index contributed by atoms with van der Waals surface area (Å²) in [5, 5.41) is 5.19. The van der Waals surface area contributed by atoms with E-state index in [0.29, 0.717) is 23.7 Å². The molecule has 0 bridgehead atoms. The molecule has 0 unspecified atom stereocenters. The molecular weight excluding hydrogens is 418 g/mol. The molecule has 0 fully saturated rings. The highest BCUT2D eigenvalue weighted by Gasteiger charge is 2.13. The summed E-state index contributed by atoms with van der Waals surface area (Å²) >= 11 is 0. The maximum absolute atomic E-state index is 12.4. The number of hydrogen-bond donors (Lipinski definition) is 0. The fourth-order valence-corrected chi connectivity index (χ4v) is 3.63. The molecule has 2 aromatic heterocycles. The number of rotatable bonds is 7. The minimum absolute atomic E-state index is 0.292. The van der Waals surface area contributed by atoms with Crippen LogP contribution >= 0.6 is 0 Å². The van der Waals surface area contributed by atoms with E-state index >= 15 is 0 Å². The molecule has 0 aliphatic carbocycles. The van der Waals surface area contributed by atoms with Gasteiger partial charge in [0.1, 0.15) is 11.5 Å². The second-order valence-corrected chi connectivity index (χ2v) is 7.45. The van der Waals surface area contributed by atoms with E-state index in [2.05, 4.69) is 16.1 Å². The lowest BCUT2D eigenvalue weighted by Crippen LogP contribution is -2.02. The Hall–Kier alpha value is -4.13. The van der Waals surface area contributed by atoms with Crippen LogP contribution < -0.4 is 9.47 Å². The third-order valence-corrected chi connectivity index (χ3v) is 5.24. The average molecular weight is 444 g/mol. The number of carbonyl (C=O) groups excluding carboxylic acids is 1. The maximum atomic E-state index is 12.4. The summed E-state index contributed by atoms with van der Waals surface area (Å²) < 4.78 is 17.8. The fraction of sp³-hybridized carbons (Fsp3) is 0.192. The molecule has 7 nitrogen and oxygen atoms in total. The van der Waals surface area contributed by atoms with Crippen molar-refractivity contribution in [1.82, 2.24) is 14.8 Å². The molecule has 0 aliphatic heterocycles. The number of aryl methyl sites for hydroxylation is 1. The largest absolute Gasteiger partial charge is 0.497 e. The Morgan fingerprint density at radius 3 is 2.36 bits per heavy atom. The summed E-state index contributed by atoms with van der Waals surface area (Å²) in [6.45, 7) is 2.07. The molecule has 0 radical (unpaired) electrons. The normalized spacial score (nSPS) is 11.5. The molecule has 2 aromatic carbocycles. The summed E-state index contributed by atoms with van der Waals surface area (Å²) in [5.74, 6) is 0.831. The molecule has 168 valence electrons. The number of pyridine rings is 1. The van der Waals surface area contributed by atoms with Gasteiger partial charge >= 0.3 is 5.97 Å². The first-order valence-electron chi connectivity index (χ1n) is 10.5. The molecule has 0 amide bonds. The van der Waals surface area contributed by atoms with Crippen molar-refractivity contribution >= 4 is 22.4 Å². The number of methoxy groups -OCH3 is 2. The minimum Gasteiger partial charge on any atom is -0.497 e. The summed E-state index contributed by atoms with van der Waals surface area (Å²) in [6.07, 6.45) is 7.08. The topological polar surface area (TPSA) is 75.5 Å². The van der Waals surface area contributed by atoms with E-state index in [-0.39, 0.29) is 0 Å². The lowest BCUT2D eigenvalue weighted by atomic mass is 9.95. The van der Waals surface area contributed by atoms with Gasteiger partial charge in [-0.05, 0) is 54.0 Å². The minimum atomic E-state index is -0.420. The highest BCUT2D eigenvalue weighted by atomic mass is 16.5. The SMILES string of the molecule is CCOC(=O)C=C(c1cc(OC)cc(OC)c1)c1ccc2ncc(-c3cnn(C)c3)cc2c1. The number of fused-ring (bicyclic) bond motifs is 1. The molecule has 4 rings (SSSR count). The molecule has 0 N–H and O–H groups in total. The standard InChI is InChI=1S/C26H25N3O4/c1-5-33-26(30)13-24(18-10-22(31-3)12-23(11-18)32-4)17-6-7-25-19(8-17)9-20(14-27-25)21-15-28-29(2)16-21/h6-16H,5H2,1-4H3. The second-order valence-electron chi connectivity index (χ2n) is 7.45. The quantitative estimate of drug-likeness (QED) is 0.306. The molecule has 7 heteroatoms. The number of ether oxygens (including phenoxy) is 3. The van der Waals surface area contributed by atoms with Gasteiger partial charge in [-0.2, -0.15) is 5.10 Å². The van der Waals surface area contributed by atoms with Crippen LogP contribution in [0.4, 0.5) is 0 Å². The fourth-order valence-electron chi connectivity index (χ4n) is 3.63. The van der Waals surface area contributed by atoms with Gasteiger partial charge in [-0.1, -0.05) is 6.07 Å². The van der Waals surface area contributed by atoms with Gasteiger partial charge in [0.05, 0.1) is 32.5 Å². The van der Waals surface area contributed by atoms with E-state index in [1.54, 1.807) is 38.1 Å². The van der Waals surface area contributed by atoms with Crippen LogP contribution in [0.25, 0.3) is 27.6 Å². The molecule has 0 atom stereocenters. The number of esters is 1. The molecule has 0 saturated heterocycles. The van der Waals surface area contributed by atoms with Crippen LogP contribution in [0, 0.1) is 0 Å². The van der Waals surface area contributed by atoms with Crippen molar-refractivity contribution in [2.45, 2.75) is 6.92 Å². The molecule has 4 aromatic rings. The zero-order chi connectivity index (χ0) is 23.4. The zero-order valence-electron chi connectivity index (χ0n) is 19.0. The Kier molecular flexibility index (Phi) is 6.40. The van der Waals surface area contributed by atoms with Gasteiger partial charge in [0.15, 0.2) is 0 Å². The van der Waals surface area contributed by atoms with E-state index in [1.165, 1.54) is 6.08 Å². The van der Waals surface area contributed by atoms with Gasteiger partial charge in [-0.15, -0.1) is 0 Å². The Balaban J connectivity index is 1.86. The summed E-state index contributed by atoms with van der Waals surface area (Å²) in [7, 11) is 5.06. The number of aromatic nitrogens is 3. The van der Waals surface area contributed by atoms with Crippen LogP contribution in [0.15, 0.2) is 67.1 Å². The van der Waals surface area contributed by atoms with E-state index in [1.807, 2.05) is 49.8 Å². The number of nitrogens with zero attached hydrogens (tertiary/aromatic N) is 3. The smallest absolute Gasteiger partial charge is 0.331 e. The van der Waals surface area contributed by atoms with Crippen molar-refractivity contribution in [2.75, 3.05) is 20.8 Å². The number of carbonyl (C=O) groups is 1. The van der Waals surface area contributed by atoms with Gasteiger partial charge in [0.2, 0.25) is 0 Å². The van der Waals surface area contributed by atoms with Crippen molar-refractivity contribution < 1.29 is 19.0 Å². The van der Waals surface area contributed by atoms with Gasteiger partial charge in [0.25, 0.3) is 0 Å². The molecule has 2 heterocycles. The molecule has 0 saturated carbocycles. The monoisotopic (exact) mass is 443 g/mol. The Morgan fingerprint density at radius 1 is 0.970 bits per heavy atom. The second kappa shape index (κ2) is 9.56. The van der Waals surface area contributed by atoms with Crippen molar-refractivity contribution in [1.29, 1.82) is 0 Å². The first-order chi connectivity index (χ1) is 16.0. The van der Waals surface area contributed by atoms with Gasteiger partial charge in [0, 0.05) is 48.1 Å². The number of hydrogen-bond acceptors (Lipinski definition) is 6. The highest BCUT2D eigenvalue weighted by Crippen LogP contribution is 2.33.